The molecule has 0 fully saturated rings. The Bertz CT molecular complexity index is 596. The highest BCUT2D eigenvalue weighted by Gasteiger charge is 2.06. The van der Waals surface area contributed by atoms with Crippen LogP contribution < -0.4 is 10.1 Å². The van der Waals surface area contributed by atoms with Gasteiger partial charge in [-0.15, -0.1) is 0 Å². The van der Waals surface area contributed by atoms with Gasteiger partial charge in [0.25, 0.3) is 0 Å². The van der Waals surface area contributed by atoms with Crippen LogP contribution in [0.5, 0.6) is 11.5 Å². The number of aryl methyl sites for hydroxylation is 1. The summed E-state index contributed by atoms with van der Waals surface area (Å²) in [7, 11) is 0. The average Bonchev–Trinajstić information content (AvgIpc) is 2.41. The lowest BCUT2D eigenvalue weighted by Crippen LogP contribution is -2.19. The summed E-state index contributed by atoms with van der Waals surface area (Å²) >= 11 is 6.00. The van der Waals surface area contributed by atoms with E-state index in [0.29, 0.717) is 10.9 Å². The highest BCUT2D eigenvalue weighted by atomic mass is 35.5. The number of nitrogens with one attached hydrogen (secondary N) is 1. The second kappa shape index (κ2) is 7.48. The van der Waals surface area contributed by atoms with Gasteiger partial charge in [-0.05, 0) is 43.7 Å². The van der Waals surface area contributed by atoms with Crippen LogP contribution in [0.1, 0.15) is 25.0 Å². The number of hydrogen-bond acceptors (Lipinski definition) is 2. The molecule has 2 rings (SSSR count). The van der Waals surface area contributed by atoms with Gasteiger partial charge in [-0.1, -0.05) is 49.2 Å². The molecule has 0 aromatic heterocycles. The predicted octanol–water partition coefficient (Wildman–Crippen LogP) is 5.19. The Labute approximate surface area is 132 Å². The van der Waals surface area contributed by atoms with E-state index in [4.69, 9.17) is 16.3 Å². The van der Waals surface area contributed by atoms with E-state index in [-0.39, 0.29) is 0 Å². The zero-order valence-electron chi connectivity index (χ0n) is 12.8. The van der Waals surface area contributed by atoms with Crippen LogP contribution in [-0.4, -0.2) is 6.54 Å². The van der Waals surface area contributed by atoms with Crippen molar-refractivity contribution in [3.05, 3.63) is 58.6 Å². The minimum absolute atomic E-state index is 0.632. The first-order valence-corrected chi connectivity index (χ1v) is 7.66. The van der Waals surface area contributed by atoms with Gasteiger partial charge in [-0.3, -0.25) is 0 Å². The first-order valence-electron chi connectivity index (χ1n) is 7.28. The second-order valence-electron chi connectivity index (χ2n) is 5.70. The summed E-state index contributed by atoms with van der Waals surface area (Å²) in [4.78, 5) is 0. The van der Waals surface area contributed by atoms with Crippen molar-refractivity contribution in [3.63, 3.8) is 0 Å². The van der Waals surface area contributed by atoms with Gasteiger partial charge in [0.1, 0.15) is 11.5 Å². The Kier molecular flexibility index (Phi) is 5.66. The fourth-order valence-corrected chi connectivity index (χ4v) is 2.28. The SMILES string of the molecule is Cc1ccc(Oc2cccc(Cl)c2)c(CNCC(C)C)c1. The molecule has 0 bridgehead atoms. The van der Waals surface area contributed by atoms with Crippen LogP contribution in [0.2, 0.25) is 5.02 Å². The van der Waals surface area contributed by atoms with Crippen LogP contribution in [0.4, 0.5) is 0 Å². The lowest BCUT2D eigenvalue weighted by Gasteiger charge is -2.14. The van der Waals surface area contributed by atoms with Crippen LogP contribution in [0.3, 0.4) is 0 Å². The molecule has 21 heavy (non-hydrogen) atoms. The average molecular weight is 304 g/mol. The van der Waals surface area contributed by atoms with Crippen LogP contribution in [0.15, 0.2) is 42.5 Å². The molecule has 0 spiro atoms. The van der Waals surface area contributed by atoms with Gasteiger partial charge in [0.05, 0.1) is 0 Å². The van der Waals surface area contributed by atoms with Crippen molar-refractivity contribution in [2.24, 2.45) is 5.92 Å². The molecule has 0 aliphatic heterocycles. The Balaban J connectivity index is 2.14. The molecule has 0 amide bonds. The summed E-state index contributed by atoms with van der Waals surface area (Å²) in [5.74, 6) is 2.27. The van der Waals surface area contributed by atoms with E-state index < -0.39 is 0 Å². The van der Waals surface area contributed by atoms with E-state index >= 15 is 0 Å². The normalized spacial score (nSPS) is 10.9. The van der Waals surface area contributed by atoms with Gasteiger partial charge in [0.15, 0.2) is 0 Å². The Hall–Kier alpha value is -1.51. The number of benzene rings is 2. The predicted molar refractivity (Wildman–Crippen MR) is 89.2 cm³/mol. The number of rotatable bonds is 6. The van der Waals surface area contributed by atoms with E-state index in [1.54, 1.807) is 0 Å². The van der Waals surface area contributed by atoms with E-state index in [2.05, 4.69) is 38.2 Å². The standard InChI is InChI=1S/C18H22ClNO/c1-13(2)11-20-12-15-9-14(3)7-8-18(15)21-17-6-4-5-16(19)10-17/h4-10,13,20H,11-12H2,1-3H3. The lowest BCUT2D eigenvalue weighted by atomic mass is 10.1. The molecule has 0 heterocycles. The zero-order valence-corrected chi connectivity index (χ0v) is 13.6. The van der Waals surface area contributed by atoms with Crippen molar-refractivity contribution in [2.75, 3.05) is 6.54 Å². The zero-order chi connectivity index (χ0) is 15.2. The summed E-state index contributed by atoms with van der Waals surface area (Å²) in [5.41, 5.74) is 2.39. The van der Waals surface area contributed by atoms with Gasteiger partial charge < -0.3 is 10.1 Å². The van der Waals surface area contributed by atoms with Crippen LogP contribution in [-0.2, 0) is 6.54 Å². The lowest BCUT2D eigenvalue weighted by molar-refractivity contribution is 0.469. The van der Waals surface area contributed by atoms with Crippen LogP contribution in [0.25, 0.3) is 0 Å². The summed E-state index contributed by atoms with van der Waals surface area (Å²) < 4.78 is 5.98. The van der Waals surface area contributed by atoms with Crippen LogP contribution in [0, 0.1) is 12.8 Å². The first kappa shape index (κ1) is 15.9. The van der Waals surface area contributed by atoms with Gasteiger partial charge in [0, 0.05) is 17.1 Å². The topological polar surface area (TPSA) is 21.3 Å². The van der Waals surface area contributed by atoms with Crippen molar-refractivity contribution >= 4 is 11.6 Å². The third-order valence-corrected chi connectivity index (χ3v) is 3.34. The molecule has 0 aliphatic carbocycles. The maximum absolute atomic E-state index is 6.00. The molecule has 0 unspecified atom stereocenters. The van der Waals surface area contributed by atoms with E-state index in [1.807, 2.05) is 30.3 Å². The quantitative estimate of drug-likeness (QED) is 0.793. The molecule has 2 nitrogen and oxygen atoms in total. The minimum atomic E-state index is 0.632. The fraction of sp³-hybridized carbons (Fsp3) is 0.333. The summed E-state index contributed by atoms with van der Waals surface area (Å²) in [6, 6.07) is 13.7. The Morgan fingerprint density at radius 3 is 2.67 bits per heavy atom. The molecule has 1 N–H and O–H groups in total. The van der Waals surface area contributed by atoms with Crippen molar-refractivity contribution in [3.8, 4) is 11.5 Å². The molecule has 0 aliphatic rings. The third-order valence-electron chi connectivity index (χ3n) is 3.11. The minimum Gasteiger partial charge on any atom is -0.457 e. The van der Waals surface area contributed by atoms with Crippen molar-refractivity contribution in [1.82, 2.24) is 5.32 Å². The molecule has 3 heteroatoms. The maximum Gasteiger partial charge on any atom is 0.131 e. The summed E-state index contributed by atoms with van der Waals surface area (Å²) in [5, 5.41) is 4.14. The van der Waals surface area contributed by atoms with Crippen LogP contribution >= 0.6 is 11.6 Å². The van der Waals surface area contributed by atoms with Crippen molar-refractivity contribution in [2.45, 2.75) is 27.3 Å². The monoisotopic (exact) mass is 303 g/mol. The van der Waals surface area contributed by atoms with Crippen molar-refractivity contribution in [1.29, 1.82) is 0 Å². The van der Waals surface area contributed by atoms with Gasteiger partial charge in [-0.25, -0.2) is 0 Å². The smallest absolute Gasteiger partial charge is 0.131 e. The molecular formula is C18H22ClNO. The molecule has 0 radical (unpaired) electrons. The van der Waals surface area contributed by atoms with Gasteiger partial charge >= 0.3 is 0 Å². The molecule has 0 saturated heterocycles. The molecule has 2 aromatic rings. The second-order valence-corrected chi connectivity index (χ2v) is 6.13. The van der Waals surface area contributed by atoms with Gasteiger partial charge in [0.2, 0.25) is 0 Å². The van der Waals surface area contributed by atoms with E-state index in [0.717, 1.165) is 30.2 Å². The number of ether oxygens (including phenoxy) is 1. The van der Waals surface area contributed by atoms with E-state index in [1.165, 1.54) is 5.56 Å². The largest absolute Gasteiger partial charge is 0.457 e. The number of halogens is 1. The fourth-order valence-electron chi connectivity index (χ4n) is 2.10. The molecule has 2 aromatic carbocycles. The Morgan fingerprint density at radius 2 is 1.95 bits per heavy atom. The highest BCUT2D eigenvalue weighted by Crippen LogP contribution is 2.28. The highest BCUT2D eigenvalue weighted by molar-refractivity contribution is 6.30. The molecule has 0 saturated carbocycles. The maximum atomic E-state index is 6.00. The molecule has 112 valence electrons. The van der Waals surface area contributed by atoms with Crippen molar-refractivity contribution < 1.29 is 4.74 Å². The summed E-state index contributed by atoms with van der Waals surface area (Å²) in [6.45, 7) is 8.29. The first-order chi connectivity index (χ1) is 10.0. The molecular weight excluding hydrogens is 282 g/mol. The van der Waals surface area contributed by atoms with Gasteiger partial charge in [-0.2, -0.15) is 0 Å². The summed E-state index contributed by atoms with van der Waals surface area (Å²) in [6.07, 6.45) is 0. The third kappa shape index (κ3) is 5.07. The van der Waals surface area contributed by atoms with E-state index in [9.17, 15) is 0 Å². The number of hydrogen-bond donors (Lipinski definition) is 1. The molecule has 0 atom stereocenters. The Morgan fingerprint density at radius 1 is 1.14 bits per heavy atom.